The average Bonchev–Trinajstić information content (AvgIpc) is 2.81. The third-order valence-corrected chi connectivity index (χ3v) is 6.08. The molecule has 12 heteroatoms. The minimum atomic E-state index is -3.82. The van der Waals surface area contributed by atoms with Gasteiger partial charge in [-0.25, -0.2) is 4.79 Å². The number of hydrogen-bond acceptors (Lipinski definition) is 10. The van der Waals surface area contributed by atoms with Crippen LogP contribution in [0.4, 0.5) is 11.4 Å². The van der Waals surface area contributed by atoms with E-state index in [1.807, 2.05) is 0 Å². The topological polar surface area (TPSA) is 132 Å². The number of anilines is 1. The maximum Gasteiger partial charge on any atom is 0.340 e. The number of non-ortho nitro benzene ring substituents is 1. The standard InChI is InChI=1S/C23H25N3O8S/c1-35(30,31)34-22-16-23(27)33-21-8-7-19(15-20(21)22)32-14-2-9-24-10-12-25(13-11-24)17-3-5-18(6-4-17)26(28)29/h3-8,15-16H,2,9-14H2,1H3. The highest BCUT2D eigenvalue weighted by atomic mass is 32.2. The molecule has 0 bridgehead atoms. The third-order valence-electron chi connectivity index (χ3n) is 5.60. The van der Waals surface area contributed by atoms with E-state index in [0.29, 0.717) is 17.7 Å². The summed E-state index contributed by atoms with van der Waals surface area (Å²) in [6.45, 7) is 4.71. The number of ether oxygens (including phenoxy) is 1. The van der Waals surface area contributed by atoms with Crippen LogP contribution >= 0.6 is 0 Å². The number of piperazine rings is 1. The van der Waals surface area contributed by atoms with E-state index < -0.39 is 20.7 Å². The summed E-state index contributed by atoms with van der Waals surface area (Å²) in [7, 11) is -3.82. The van der Waals surface area contributed by atoms with Crippen LogP contribution < -0.4 is 19.4 Å². The zero-order valence-corrected chi connectivity index (χ0v) is 19.9. The molecule has 0 saturated carbocycles. The molecule has 11 nitrogen and oxygen atoms in total. The van der Waals surface area contributed by atoms with Gasteiger partial charge in [0.15, 0.2) is 5.75 Å². The van der Waals surface area contributed by atoms with Crippen LogP contribution in [-0.2, 0) is 10.1 Å². The first-order chi connectivity index (χ1) is 16.7. The van der Waals surface area contributed by atoms with Gasteiger partial charge in [0, 0.05) is 50.5 Å². The van der Waals surface area contributed by atoms with Crippen molar-refractivity contribution in [3.05, 3.63) is 69.1 Å². The molecule has 0 radical (unpaired) electrons. The number of rotatable bonds is 9. The molecule has 3 aromatic rings. The van der Waals surface area contributed by atoms with Gasteiger partial charge in [-0.15, -0.1) is 0 Å². The van der Waals surface area contributed by atoms with Gasteiger partial charge in [-0.2, -0.15) is 8.42 Å². The second kappa shape index (κ2) is 10.3. The maximum atomic E-state index is 11.7. The molecular weight excluding hydrogens is 478 g/mol. The Bertz CT molecular complexity index is 1360. The number of nitro groups is 1. The van der Waals surface area contributed by atoms with Crippen molar-refractivity contribution >= 4 is 32.5 Å². The van der Waals surface area contributed by atoms with Crippen molar-refractivity contribution in [3.8, 4) is 11.5 Å². The lowest BCUT2D eigenvalue weighted by molar-refractivity contribution is -0.384. The van der Waals surface area contributed by atoms with Crippen molar-refractivity contribution in [2.75, 3.05) is 50.5 Å². The van der Waals surface area contributed by atoms with E-state index in [9.17, 15) is 23.3 Å². The van der Waals surface area contributed by atoms with Gasteiger partial charge in [-0.05, 0) is 36.8 Å². The minimum absolute atomic E-state index is 0.0856. The summed E-state index contributed by atoms with van der Waals surface area (Å²) in [5.74, 6) is 0.405. The molecule has 0 N–H and O–H groups in total. The highest BCUT2D eigenvalue weighted by molar-refractivity contribution is 7.86. The van der Waals surface area contributed by atoms with Gasteiger partial charge in [0.2, 0.25) is 0 Å². The first-order valence-corrected chi connectivity index (χ1v) is 12.8. The van der Waals surface area contributed by atoms with Crippen LogP contribution in [0, 0.1) is 10.1 Å². The molecule has 1 aliphatic heterocycles. The molecule has 1 aliphatic rings. The van der Waals surface area contributed by atoms with E-state index in [1.165, 1.54) is 12.1 Å². The summed E-state index contributed by atoms with van der Waals surface area (Å²) in [6.07, 6.45) is 1.69. The normalized spacial score (nSPS) is 14.7. The lowest BCUT2D eigenvalue weighted by atomic mass is 10.2. The van der Waals surface area contributed by atoms with Crippen LogP contribution in [0.25, 0.3) is 11.0 Å². The van der Waals surface area contributed by atoms with Gasteiger partial charge < -0.3 is 18.2 Å². The molecule has 2 aromatic carbocycles. The van der Waals surface area contributed by atoms with Crippen molar-refractivity contribution < 1.29 is 26.7 Å². The third kappa shape index (κ3) is 6.49. The molecule has 4 rings (SSSR count). The number of fused-ring (bicyclic) bond motifs is 1. The Hall–Kier alpha value is -3.64. The first kappa shape index (κ1) is 24.5. The van der Waals surface area contributed by atoms with Crippen LogP contribution in [0.2, 0.25) is 0 Å². The predicted molar refractivity (Wildman–Crippen MR) is 130 cm³/mol. The molecule has 1 aromatic heterocycles. The maximum absolute atomic E-state index is 11.7. The molecule has 0 spiro atoms. The van der Waals surface area contributed by atoms with Crippen LogP contribution in [0.5, 0.6) is 11.5 Å². The van der Waals surface area contributed by atoms with Crippen LogP contribution in [0.1, 0.15) is 6.42 Å². The second-order valence-corrected chi connectivity index (χ2v) is 9.75. The van der Waals surface area contributed by atoms with Crippen molar-refractivity contribution in [2.24, 2.45) is 0 Å². The van der Waals surface area contributed by atoms with Crippen molar-refractivity contribution in [1.82, 2.24) is 4.90 Å². The van der Waals surface area contributed by atoms with Crippen molar-refractivity contribution in [3.63, 3.8) is 0 Å². The van der Waals surface area contributed by atoms with Gasteiger partial charge in [0.25, 0.3) is 5.69 Å². The number of benzene rings is 2. The molecule has 1 saturated heterocycles. The Kier molecular flexibility index (Phi) is 7.22. The fourth-order valence-corrected chi connectivity index (χ4v) is 4.39. The van der Waals surface area contributed by atoms with E-state index in [1.54, 1.807) is 30.3 Å². The zero-order valence-electron chi connectivity index (χ0n) is 19.1. The summed E-state index contributed by atoms with van der Waals surface area (Å²) >= 11 is 0. The zero-order chi connectivity index (χ0) is 25.0. The Balaban J connectivity index is 1.27. The molecule has 0 aliphatic carbocycles. The molecule has 2 heterocycles. The summed E-state index contributed by atoms with van der Waals surface area (Å²) in [4.78, 5) is 26.6. The van der Waals surface area contributed by atoms with E-state index in [-0.39, 0.29) is 17.0 Å². The van der Waals surface area contributed by atoms with E-state index in [4.69, 9.17) is 13.3 Å². The molecular formula is C23H25N3O8S. The average molecular weight is 504 g/mol. The van der Waals surface area contributed by atoms with Gasteiger partial charge in [-0.1, -0.05) is 0 Å². The Labute approximate surface area is 201 Å². The van der Waals surface area contributed by atoms with Crippen LogP contribution in [0.15, 0.2) is 57.7 Å². The SMILES string of the molecule is CS(=O)(=O)Oc1cc(=O)oc2ccc(OCCCN3CCN(c4ccc([N+](=O)[O-])cc4)CC3)cc12. The molecule has 0 unspecified atom stereocenters. The molecule has 35 heavy (non-hydrogen) atoms. The molecule has 1 fully saturated rings. The van der Waals surface area contributed by atoms with Gasteiger partial charge in [0.1, 0.15) is 11.3 Å². The minimum Gasteiger partial charge on any atom is -0.494 e. The second-order valence-electron chi connectivity index (χ2n) is 8.18. The smallest absolute Gasteiger partial charge is 0.340 e. The molecule has 0 amide bonds. The van der Waals surface area contributed by atoms with Crippen LogP contribution in [0.3, 0.4) is 0 Å². The lowest BCUT2D eigenvalue weighted by Crippen LogP contribution is -2.46. The molecule has 0 atom stereocenters. The highest BCUT2D eigenvalue weighted by Gasteiger charge is 2.18. The van der Waals surface area contributed by atoms with Gasteiger partial charge >= 0.3 is 15.7 Å². The van der Waals surface area contributed by atoms with E-state index in [2.05, 4.69) is 9.80 Å². The number of nitro benzene ring substituents is 1. The van der Waals surface area contributed by atoms with Gasteiger partial charge in [0.05, 0.1) is 29.2 Å². The Morgan fingerprint density at radius 3 is 2.43 bits per heavy atom. The highest BCUT2D eigenvalue weighted by Crippen LogP contribution is 2.29. The number of nitrogens with zero attached hydrogens (tertiary/aromatic N) is 3. The quantitative estimate of drug-likeness (QED) is 0.141. The number of hydrogen-bond donors (Lipinski definition) is 0. The van der Waals surface area contributed by atoms with Gasteiger partial charge in [-0.3, -0.25) is 15.0 Å². The van der Waals surface area contributed by atoms with Crippen molar-refractivity contribution in [1.29, 1.82) is 0 Å². The van der Waals surface area contributed by atoms with E-state index in [0.717, 1.165) is 57.2 Å². The largest absolute Gasteiger partial charge is 0.494 e. The fourth-order valence-electron chi connectivity index (χ4n) is 3.93. The molecule has 186 valence electrons. The van der Waals surface area contributed by atoms with E-state index >= 15 is 0 Å². The van der Waals surface area contributed by atoms with Crippen LogP contribution in [-0.4, -0.2) is 63.8 Å². The Morgan fingerprint density at radius 1 is 1.06 bits per heavy atom. The summed E-state index contributed by atoms with van der Waals surface area (Å²) in [5, 5.41) is 11.1. The monoisotopic (exact) mass is 503 g/mol. The summed E-state index contributed by atoms with van der Waals surface area (Å²) < 4.78 is 38.9. The summed E-state index contributed by atoms with van der Waals surface area (Å²) in [5.41, 5.74) is 0.556. The first-order valence-electron chi connectivity index (χ1n) is 11.0. The Morgan fingerprint density at radius 2 is 1.77 bits per heavy atom. The fraction of sp³-hybridized carbons (Fsp3) is 0.348. The van der Waals surface area contributed by atoms with Crippen molar-refractivity contribution in [2.45, 2.75) is 6.42 Å². The lowest BCUT2D eigenvalue weighted by Gasteiger charge is -2.36. The predicted octanol–water partition coefficient (Wildman–Crippen LogP) is 2.63. The summed E-state index contributed by atoms with van der Waals surface area (Å²) in [6, 6.07) is 12.4.